The average molecular weight is 293 g/mol. The van der Waals surface area contributed by atoms with Crippen LogP contribution in [-0.2, 0) is 16.0 Å². The van der Waals surface area contributed by atoms with Gasteiger partial charge in [0.25, 0.3) is 0 Å². The van der Waals surface area contributed by atoms with Crippen molar-refractivity contribution in [3.05, 3.63) is 48.0 Å². The van der Waals surface area contributed by atoms with Gasteiger partial charge in [-0.1, -0.05) is 58.4 Å². The Morgan fingerprint density at radius 2 is 1.88 bits per heavy atom. The minimum absolute atomic E-state index is 0.180. The van der Waals surface area contributed by atoms with Gasteiger partial charge in [0, 0.05) is 5.33 Å². The number of rotatable bonds is 4. The summed E-state index contributed by atoms with van der Waals surface area (Å²) in [6.45, 7) is 0.420. The molecule has 0 saturated carbocycles. The van der Waals surface area contributed by atoms with Gasteiger partial charge in [-0.15, -0.1) is 0 Å². The summed E-state index contributed by atoms with van der Waals surface area (Å²) in [6.07, 6.45) is 0.328. The van der Waals surface area contributed by atoms with Gasteiger partial charge in [-0.25, -0.2) is 0 Å². The minimum atomic E-state index is -0.180. The minimum Gasteiger partial charge on any atom is -0.465 e. The fourth-order valence-electron chi connectivity index (χ4n) is 1.81. The molecule has 0 spiro atoms. The van der Waals surface area contributed by atoms with Crippen LogP contribution in [0.4, 0.5) is 0 Å². The van der Waals surface area contributed by atoms with Gasteiger partial charge in [-0.05, 0) is 16.3 Å². The Labute approximate surface area is 109 Å². The van der Waals surface area contributed by atoms with Crippen molar-refractivity contribution in [1.82, 2.24) is 0 Å². The van der Waals surface area contributed by atoms with E-state index >= 15 is 0 Å². The van der Waals surface area contributed by atoms with E-state index in [0.29, 0.717) is 18.4 Å². The number of carbonyl (C=O) groups is 1. The summed E-state index contributed by atoms with van der Waals surface area (Å²) in [7, 11) is 0. The second-order valence-corrected chi connectivity index (χ2v) is 4.52. The van der Waals surface area contributed by atoms with Crippen LogP contribution in [0.1, 0.15) is 5.56 Å². The van der Waals surface area contributed by atoms with Crippen LogP contribution >= 0.6 is 15.9 Å². The van der Waals surface area contributed by atoms with Crippen molar-refractivity contribution in [1.29, 1.82) is 0 Å². The van der Waals surface area contributed by atoms with Crippen LogP contribution in [0.3, 0.4) is 0 Å². The topological polar surface area (TPSA) is 26.3 Å². The third kappa shape index (κ3) is 3.07. The Bertz CT molecular complexity index is 517. The van der Waals surface area contributed by atoms with Crippen LogP contribution in [0.5, 0.6) is 0 Å². The molecule has 2 aromatic rings. The summed E-state index contributed by atoms with van der Waals surface area (Å²) in [5.74, 6) is -0.180. The number of esters is 1. The average Bonchev–Trinajstić information content (AvgIpc) is 2.37. The van der Waals surface area contributed by atoms with E-state index in [1.165, 1.54) is 0 Å². The molecule has 0 saturated heterocycles. The molecule has 0 bridgehead atoms. The molecular weight excluding hydrogens is 280 g/mol. The number of fused-ring (bicyclic) bond motifs is 1. The zero-order chi connectivity index (χ0) is 12.1. The van der Waals surface area contributed by atoms with Gasteiger partial charge in [0.15, 0.2) is 0 Å². The van der Waals surface area contributed by atoms with E-state index < -0.39 is 0 Å². The predicted octanol–water partition coefficient (Wildman–Crippen LogP) is 3.32. The second-order valence-electron chi connectivity index (χ2n) is 3.72. The summed E-state index contributed by atoms with van der Waals surface area (Å²) in [6, 6.07) is 14.0. The number of ether oxygens (including phenoxy) is 1. The molecule has 0 amide bonds. The van der Waals surface area contributed by atoms with Gasteiger partial charge in [-0.3, -0.25) is 4.79 Å². The molecule has 0 radical (unpaired) electrons. The van der Waals surface area contributed by atoms with Crippen LogP contribution in [-0.4, -0.2) is 17.9 Å². The Hall–Kier alpha value is -1.35. The largest absolute Gasteiger partial charge is 0.465 e. The fourth-order valence-corrected chi connectivity index (χ4v) is 1.97. The van der Waals surface area contributed by atoms with Crippen LogP contribution in [0.25, 0.3) is 10.8 Å². The summed E-state index contributed by atoms with van der Waals surface area (Å²) in [5.41, 5.74) is 1.02. The van der Waals surface area contributed by atoms with Crippen molar-refractivity contribution >= 4 is 32.7 Å². The highest BCUT2D eigenvalue weighted by atomic mass is 79.9. The lowest BCUT2D eigenvalue weighted by Gasteiger charge is -2.06. The van der Waals surface area contributed by atoms with E-state index in [-0.39, 0.29) is 5.97 Å². The van der Waals surface area contributed by atoms with Crippen molar-refractivity contribution in [3.63, 3.8) is 0 Å². The molecule has 2 rings (SSSR count). The number of benzene rings is 2. The monoisotopic (exact) mass is 292 g/mol. The van der Waals surface area contributed by atoms with Gasteiger partial charge in [0.2, 0.25) is 0 Å². The van der Waals surface area contributed by atoms with Gasteiger partial charge < -0.3 is 4.74 Å². The van der Waals surface area contributed by atoms with E-state index in [0.717, 1.165) is 16.3 Å². The lowest BCUT2D eigenvalue weighted by atomic mass is 10.0. The maximum absolute atomic E-state index is 11.6. The third-order valence-corrected chi connectivity index (χ3v) is 2.88. The molecule has 3 heteroatoms. The normalized spacial score (nSPS) is 10.4. The molecule has 0 N–H and O–H groups in total. The molecule has 2 aromatic carbocycles. The Morgan fingerprint density at radius 3 is 2.71 bits per heavy atom. The molecule has 0 heterocycles. The van der Waals surface area contributed by atoms with Gasteiger partial charge >= 0.3 is 5.97 Å². The maximum Gasteiger partial charge on any atom is 0.310 e. The molecule has 0 atom stereocenters. The van der Waals surface area contributed by atoms with Crippen LogP contribution in [0.15, 0.2) is 42.5 Å². The molecule has 0 aliphatic rings. The van der Waals surface area contributed by atoms with Crippen molar-refractivity contribution in [2.45, 2.75) is 6.42 Å². The zero-order valence-electron chi connectivity index (χ0n) is 9.36. The number of halogens is 1. The predicted molar refractivity (Wildman–Crippen MR) is 72.4 cm³/mol. The first kappa shape index (κ1) is 12.1. The van der Waals surface area contributed by atoms with E-state index in [9.17, 15) is 4.79 Å². The van der Waals surface area contributed by atoms with E-state index in [2.05, 4.69) is 15.9 Å². The first-order valence-corrected chi connectivity index (χ1v) is 6.61. The van der Waals surface area contributed by atoms with Crippen molar-refractivity contribution in [2.75, 3.05) is 11.9 Å². The Kier molecular flexibility index (Phi) is 4.15. The molecule has 17 heavy (non-hydrogen) atoms. The molecule has 0 aliphatic heterocycles. The highest BCUT2D eigenvalue weighted by Crippen LogP contribution is 2.19. The van der Waals surface area contributed by atoms with Gasteiger partial charge in [-0.2, -0.15) is 0 Å². The number of hydrogen-bond donors (Lipinski definition) is 0. The van der Waals surface area contributed by atoms with Crippen LogP contribution in [0.2, 0.25) is 0 Å². The first-order valence-electron chi connectivity index (χ1n) is 5.49. The molecular formula is C14H13BrO2. The Balaban J connectivity index is 2.21. The van der Waals surface area contributed by atoms with Crippen molar-refractivity contribution in [3.8, 4) is 0 Å². The van der Waals surface area contributed by atoms with Crippen LogP contribution in [0, 0.1) is 0 Å². The number of carbonyl (C=O) groups excluding carboxylic acids is 1. The van der Waals surface area contributed by atoms with Gasteiger partial charge in [0.05, 0.1) is 6.42 Å². The number of alkyl halides is 1. The zero-order valence-corrected chi connectivity index (χ0v) is 10.9. The van der Waals surface area contributed by atoms with Crippen molar-refractivity contribution < 1.29 is 9.53 Å². The van der Waals surface area contributed by atoms with Crippen molar-refractivity contribution in [2.24, 2.45) is 0 Å². The number of hydrogen-bond acceptors (Lipinski definition) is 2. The summed E-state index contributed by atoms with van der Waals surface area (Å²) in [5, 5.41) is 2.94. The van der Waals surface area contributed by atoms with Crippen LogP contribution < -0.4 is 0 Å². The Morgan fingerprint density at radius 1 is 1.12 bits per heavy atom. The van der Waals surface area contributed by atoms with E-state index in [1.54, 1.807) is 0 Å². The van der Waals surface area contributed by atoms with E-state index in [1.807, 2.05) is 42.5 Å². The van der Waals surface area contributed by atoms with E-state index in [4.69, 9.17) is 4.74 Å². The lowest BCUT2D eigenvalue weighted by Crippen LogP contribution is -2.09. The van der Waals surface area contributed by atoms with Gasteiger partial charge in [0.1, 0.15) is 6.61 Å². The standard InChI is InChI=1S/C14H13BrO2/c15-8-9-17-14(16)10-12-6-3-5-11-4-1-2-7-13(11)12/h1-7H,8-10H2. The highest BCUT2D eigenvalue weighted by Gasteiger charge is 2.07. The molecule has 0 unspecified atom stereocenters. The molecule has 88 valence electrons. The fraction of sp³-hybridized carbons (Fsp3) is 0.214. The second kappa shape index (κ2) is 5.82. The molecule has 0 fully saturated rings. The smallest absolute Gasteiger partial charge is 0.310 e. The summed E-state index contributed by atoms with van der Waals surface area (Å²) < 4.78 is 5.06. The molecule has 0 aromatic heterocycles. The first-order chi connectivity index (χ1) is 8.31. The molecule has 0 aliphatic carbocycles. The third-order valence-electron chi connectivity index (χ3n) is 2.55. The lowest BCUT2D eigenvalue weighted by molar-refractivity contribution is -0.142. The SMILES string of the molecule is O=C(Cc1cccc2ccccc12)OCCBr. The highest BCUT2D eigenvalue weighted by molar-refractivity contribution is 9.09. The quantitative estimate of drug-likeness (QED) is 0.638. The summed E-state index contributed by atoms with van der Waals surface area (Å²) >= 11 is 3.23. The molecule has 2 nitrogen and oxygen atoms in total. The maximum atomic E-state index is 11.6. The summed E-state index contributed by atoms with van der Waals surface area (Å²) in [4.78, 5) is 11.6.